The molecular formula is C20H15N5OS. The van der Waals surface area contributed by atoms with Crippen LogP contribution in [0.3, 0.4) is 0 Å². The third-order valence-corrected chi connectivity index (χ3v) is 5.38. The predicted octanol–water partition coefficient (Wildman–Crippen LogP) is 3.72. The highest BCUT2D eigenvalue weighted by molar-refractivity contribution is 7.13. The van der Waals surface area contributed by atoms with Gasteiger partial charge in [0, 0.05) is 16.5 Å². The maximum absolute atomic E-state index is 12.8. The smallest absolute Gasteiger partial charge is 0.277 e. The second-order valence-corrected chi connectivity index (χ2v) is 7.04. The quantitative estimate of drug-likeness (QED) is 0.591. The van der Waals surface area contributed by atoms with Crippen molar-refractivity contribution in [2.45, 2.75) is 13.3 Å². The highest BCUT2D eigenvalue weighted by Gasteiger charge is 2.20. The van der Waals surface area contributed by atoms with Crippen molar-refractivity contribution in [1.82, 2.24) is 24.6 Å². The van der Waals surface area contributed by atoms with E-state index < -0.39 is 0 Å². The van der Waals surface area contributed by atoms with Crippen LogP contribution in [-0.4, -0.2) is 24.6 Å². The van der Waals surface area contributed by atoms with Gasteiger partial charge in [-0.2, -0.15) is 0 Å². The van der Waals surface area contributed by atoms with Crippen molar-refractivity contribution < 1.29 is 0 Å². The second-order valence-electron chi connectivity index (χ2n) is 6.18. The summed E-state index contributed by atoms with van der Waals surface area (Å²) in [4.78, 5) is 24.9. The minimum absolute atomic E-state index is 0.200. The summed E-state index contributed by atoms with van der Waals surface area (Å²) in [5, 5.41) is 7.45. The maximum Gasteiger partial charge on any atom is 0.277 e. The van der Waals surface area contributed by atoms with Gasteiger partial charge in [-0.1, -0.05) is 55.5 Å². The largest absolute Gasteiger partial charge is 0.302 e. The number of benzene rings is 1. The van der Waals surface area contributed by atoms with Gasteiger partial charge in [0.05, 0.1) is 5.69 Å². The van der Waals surface area contributed by atoms with E-state index in [1.165, 1.54) is 11.3 Å². The van der Waals surface area contributed by atoms with Crippen molar-refractivity contribution in [3.8, 4) is 22.1 Å². The summed E-state index contributed by atoms with van der Waals surface area (Å²) < 4.78 is 1.64. The van der Waals surface area contributed by atoms with Gasteiger partial charge in [0.15, 0.2) is 17.2 Å². The SMILES string of the molecule is CCc1nc(C2=CC=C2)n2nc(-c3csc(-c4ccccc4)n3)[nH]c(=O)c12. The molecule has 0 saturated heterocycles. The van der Waals surface area contributed by atoms with Crippen LogP contribution in [0.15, 0.2) is 58.7 Å². The summed E-state index contributed by atoms with van der Waals surface area (Å²) in [6.45, 7) is 1.98. The van der Waals surface area contributed by atoms with Crippen LogP contribution in [0.1, 0.15) is 18.4 Å². The van der Waals surface area contributed by atoms with Crippen LogP contribution in [0.4, 0.5) is 0 Å². The molecular weight excluding hydrogens is 358 g/mol. The lowest BCUT2D eigenvalue weighted by Gasteiger charge is -2.06. The minimum atomic E-state index is -0.200. The molecule has 0 fully saturated rings. The Morgan fingerprint density at radius 3 is 2.70 bits per heavy atom. The summed E-state index contributed by atoms with van der Waals surface area (Å²) in [6, 6.07) is 9.96. The molecule has 4 aromatic rings. The predicted molar refractivity (Wildman–Crippen MR) is 107 cm³/mol. The Hall–Kier alpha value is -3.32. The number of H-pyrrole nitrogens is 1. The average Bonchev–Trinajstić information content (AvgIpc) is 3.27. The number of hydrogen-bond donors (Lipinski definition) is 1. The van der Waals surface area contributed by atoms with Gasteiger partial charge in [0.2, 0.25) is 0 Å². The molecule has 0 unspecified atom stereocenters. The van der Waals surface area contributed by atoms with E-state index in [-0.39, 0.29) is 5.56 Å². The van der Waals surface area contributed by atoms with Gasteiger partial charge in [-0.05, 0) is 6.42 Å². The van der Waals surface area contributed by atoms with Gasteiger partial charge in [-0.25, -0.2) is 14.5 Å². The van der Waals surface area contributed by atoms with E-state index in [0.29, 0.717) is 29.3 Å². The van der Waals surface area contributed by atoms with Crippen molar-refractivity contribution in [2.75, 3.05) is 0 Å². The van der Waals surface area contributed by atoms with Crippen LogP contribution < -0.4 is 5.56 Å². The first-order valence-electron chi connectivity index (χ1n) is 8.66. The Bertz CT molecular complexity index is 1280. The standard InChI is InChI=1S/C20H15N5OS/c1-2-14-16-19(26)23-17(24-25(16)18(21-14)12-9-6-10-12)15-11-27-20(22-15)13-7-4-3-5-8-13/h3-11H,2H2,1H3,(H,23,24,26). The molecule has 0 atom stereocenters. The lowest BCUT2D eigenvalue weighted by Crippen LogP contribution is -2.16. The molecule has 0 saturated carbocycles. The number of fused-ring (bicyclic) bond motifs is 1. The van der Waals surface area contributed by atoms with Crippen LogP contribution in [-0.2, 0) is 6.42 Å². The van der Waals surface area contributed by atoms with Crippen molar-refractivity contribution in [1.29, 1.82) is 0 Å². The third-order valence-electron chi connectivity index (χ3n) is 4.49. The Balaban J connectivity index is 1.67. The van der Waals surface area contributed by atoms with Crippen molar-refractivity contribution in [2.24, 2.45) is 0 Å². The molecule has 5 rings (SSSR count). The molecule has 27 heavy (non-hydrogen) atoms. The fraction of sp³-hybridized carbons (Fsp3) is 0.100. The molecule has 1 aliphatic rings. The van der Waals surface area contributed by atoms with Gasteiger partial charge in [0.1, 0.15) is 10.7 Å². The molecule has 0 aliphatic heterocycles. The second kappa shape index (κ2) is 6.14. The van der Waals surface area contributed by atoms with Crippen molar-refractivity contribution >= 4 is 22.4 Å². The van der Waals surface area contributed by atoms with E-state index in [2.05, 4.69) is 20.1 Å². The zero-order valence-electron chi connectivity index (χ0n) is 14.5. The van der Waals surface area contributed by atoms with Gasteiger partial charge in [0.25, 0.3) is 5.56 Å². The Kier molecular flexibility index (Phi) is 3.61. The van der Waals surface area contributed by atoms with Crippen LogP contribution in [0.2, 0.25) is 0 Å². The molecule has 3 aromatic heterocycles. The fourth-order valence-electron chi connectivity index (χ4n) is 3.06. The Labute approximate surface area is 158 Å². The lowest BCUT2D eigenvalue weighted by atomic mass is 10.1. The summed E-state index contributed by atoms with van der Waals surface area (Å²) in [6.07, 6.45) is 6.54. The summed E-state index contributed by atoms with van der Waals surface area (Å²) in [5.41, 5.74) is 3.70. The zero-order valence-corrected chi connectivity index (χ0v) is 15.3. The van der Waals surface area contributed by atoms with Crippen LogP contribution in [0.25, 0.3) is 33.2 Å². The molecule has 132 valence electrons. The number of aryl methyl sites for hydroxylation is 1. The molecule has 1 N–H and O–H groups in total. The number of allylic oxidation sites excluding steroid dienone is 4. The van der Waals surface area contributed by atoms with Gasteiger partial charge in [-0.3, -0.25) is 4.79 Å². The number of aromatic nitrogens is 5. The number of nitrogens with one attached hydrogen (secondary N) is 1. The first-order valence-corrected chi connectivity index (χ1v) is 9.54. The van der Waals surface area contributed by atoms with Crippen LogP contribution >= 0.6 is 11.3 Å². The minimum Gasteiger partial charge on any atom is -0.302 e. The first-order chi connectivity index (χ1) is 13.2. The number of rotatable bonds is 4. The Morgan fingerprint density at radius 1 is 1.19 bits per heavy atom. The first kappa shape index (κ1) is 15.9. The highest BCUT2D eigenvalue weighted by Crippen LogP contribution is 2.28. The van der Waals surface area contributed by atoms with Crippen LogP contribution in [0.5, 0.6) is 0 Å². The van der Waals surface area contributed by atoms with Gasteiger partial charge >= 0.3 is 0 Å². The zero-order chi connectivity index (χ0) is 18.4. The maximum atomic E-state index is 12.8. The fourth-order valence-corrected chi connectivity index (χ4v) is 3.87. The molecule has 3 heterocycles. The van der Waals surface area contributed by atoms with Crippen LogP contribution in [0, 0.1) is 0 Å². The monoisotopic (exact) mass is 373 g/mol. The molecule has 1 aliphatic carbocycles. The molecule has 0 amide bonds. The summed E-state index contributed by atoms with van der Waals surface area (Å²) in [5.74, 6) is 1.13. The molecule has 0 spiro atoms. The summed E-state index contributed by atoms with van der Waals surface area (Å²) >= 11 is 1.52. The summed E-state index contributed by atoms with van der Waals surface area (Å²) in [7, 11) is 0. The van der Waals surface area contributed by atoms with Gasteiger partial charge in [-0.15, -0.1) is 16.4 Å². The number of thiazole rings is 1. The topological polar surface area (TPSA) is 75.9 Å². The van der Waals surface area contributed by atoms with Crippen molar-refractivity contribution in [3.05, 3.63) is 75.8 Å². The highest BCUT2D eigenvalue weighted by atomic mass is 32.1. The molecule has 1 aromatic carbocycles. The van der Waals surface area contributed by atoms with E-state index >= 15 is 0 Å². The number of aromatic amines is 1. The molecule has 7 heteroatoms. The van der Waals surface area contributed by atoms with Gasteiger partial charge < -0.3 is 4.98 Å². The third kappa shape index (κ3) is 2.55. The molecule has 0 bridgehead atoms. The van der Waals surface area contributed by atoms with E-state index in [4.69, 9.17) is 0 Å². The Morgan fingerprint density at radius 2 is 2.00 bits per heavy atom. The number of nitrogens with zero attached hydrogens (tertiary/aromatic N) is 4. The lowest BCUT2D eigenvalue weighted by molar-refractivity contribution is 0.871. The normalized spacial score (nSPS) is 13.0. The van der Waals surface area contributed by atoms with E-state index in [0.717, 1.165) is 21.8 Å². The van der Waals surface area contributed by atoms with E-state index in [1.54, 1.807) is 4.52 Å². The van der Waals surface area contributed by atoms with E-state index in [9.17, 15) is 4.79 Å². The number of hydrogen-bond acceptors (Lipinski definition) is 5. The molecule has 0 radical (unpaired) electrons. The average molecular weight is 373 g/mol. The number of imidazole rings is 1. The van der Waals surface area contributed by atoms with Crippen molar-refractivity contribution in [3.63, 3.8) is 0 Å². The molecule has 6 nitrogen and oxygen atoms in total. The van der Waals surface area contributed by atoms with E-state index in [1.807, 2.05) is 60.9 Å².